The Morgan fingerprint density at radius 1 is 1.73 bits per heavy atom. The molecule has 1 aliphatic rings. The first kappa shape index (κ1) is 8.00. The van der Waals surface area contributed by atoms with Gasteiger partial charge in [0, 0.05) is 20.1 Å². The number of hydrogen-bond donors (Lipinski definition) is 2. The van der Waals surface area contributed by atoms with E-state index in [2.05, 4.69) is 5.32 Å². The molecule has 1 heterocycles. The van der Waals surface area contributed by atoms with Gasteiger partial charge >= 0.3 is 11.8 Å². The highest BCUT2D eigenvalue weighted by Gasteiger charge is 2.28. The van der Waals surface area contributed by atoms with Crippen molar-refractivity contribution in [3.8, 4) is 0 Å². The zero-order valence-electron chi connectivity index (χ0n) is 6.33. The summed E-state index contributed by atoms with van der Waals surface area (Å²) in [7, 11) is 1.59. The van der Waals surface area contributed by atoms with Gasteiger partial charge in [-0.3, -0.25) is 9.59 Å². The van der Waals surface area contributed by atoms with Crippen LogP contribution in [0.4, 0.5) is 0 Å². The fourth-order valence-electron chi connectivity index (χ4n) is 1.01. The van der Waals surface area contributed by atoms with Gasteiger partial charge in [0.15, 0.2) is 0 Å². The van der Waals surface area contributed by atoms with Crippen LogP contribution in [0.1, 0.15) is 0 Å². The van der Waals surface area contributed by atoms with Gasteiger partial charge in [0.2, 0.25) is 0 Å². The van der Waals surface area contributed by atoms with E-state index in [1.807, 2.05) is 0 Å². The zero-order valence-corrected chi connectivity index (χ0v) is 6.33. The smallest absolute Gasteiger partial charge is 0.311 e. The molecule has 5 heteroatoms. The van der Waals surface area contributed by atoms with Crippen molar-refractivity contribution < 1.29 is 9.59 Å². The van der Waals surface area contributed by atoms with E-state index >= 15 is 0 Å². The number of likely N-dealkylation sites (N-methyl/N-ethyl adjacent to an activating group) is 1. The Labute approximate surface area is 64.5 Å². The maximum absolute atomic E-state index is 10.9. The molecule has 0 spiro atoms. The number of nitrogens with zero attached hydrogens (tertiary/aromatic N) is 1. The zero-order chi connectivity index (χ0) is 8.43. The average Bonchev–Trinajstić information content (AvgIpc) is 1.99. The van der Waals surface area contributed by atoms with Crippen LogP contribution in [0.2, 0.25) is 0 Å². The molecular weight excluding hydrogens is 146 g/mol. The summed E-state index contributed by atoms with van der Waals surface area (Å²) in [5.41, 5.74) is 5.32. The van der Waals surface area contributed by atoms with Crippen LogP contribution in [0.5, 0.6) is 0 Å². The Morgan fingerprint density at radius 3 is 2.82 bits per heavy atom. The second kappa shape index (κ2) is 2.87. The molecule has 1 saturated heterocycles. The Hall–Kier alpha value is -1.10. The van der Waals surface area contributed by atoms with Crippen molar-refractivity contribution in [1.29, 1.82) is 0 Å². The number of nitrogens with one attached hydrogen (secondary N) is 1. The molecule has 3 N–H and O–H groups in total. The quantitative estimate of drug-likeness (QED) is 0.428. The summed E-state index contributed by atoms with van der Waals surface area (Å²) in [6.45, 7) is 0.866. The summed E-state index contributed by atoms with van der Waals surface area (Å²) >= 11 is 0. The lowest BCUT2D eigenvalue weighted by atomic mass is 10.2. The molecule has 2 amide bonds. The second-order valence-corrected chi connectivity index (χ2v) is 2.59. The first-order valence-electron chi connectivity index (χ1n) is 3.41. The van der Waals surface area contributed by atoms with Crippen LogP contribution in [0.3, 0.4) is 0 Å². The van der Waals surface area contributed by atoms with E-state index in [9.17, 15) is 9.59 Å². The summed E-state index contributed by atoms with van der Waals surface area (Å²) in [5, 5.41) is 2.49. The van der Waals surface area contributed by atoms with Crippen molar-refractivity contribution >= 4 is 11.8 Å². The molecule has 0 aliphatic carbocycles. The lowest BCUT2D eigenvalue weighted by molar-refractivity contribution is -0.148. The lowest BCUT2D eigenvalue weighted by Crippen LogP contribution is -2.58. The van der Waals surface area contributed by atoms with Crippen LogP contribution in [0, 0.1) is 0 Å². The summed E-state index contributed by atoms with van der Waals surface area (Å²) in [5.74, 6) is -1.05. The highest BCUT2D eigenvalue weighted by atomic mass is 16.2. The molecule has 1 aliphatic heterocycles. The maximum atomic E-state index is 10.9. The van der Waals surface area contributed by atoms with Gasteiger partial charge in [-0.1, -0.05) is 0 Å². The molecule has 62 valence electrons. The minimum Gasteiger partial charge on any atom is -0.342 e. The second-order valence-electron chi connectivity index (χ2n) is 2.59. The standard InChI is InChI=1S/C6H11N3O2/c1-9-3-4(2-7)8-5(10)6(9)11/h4H,2-3,7H2,1H3,(H,8,10)/t4-/m1/s1. The number of rotatable bonds is 1. The van der Waals surface area contributed by atoms with Gasteiger partial charge in [0.05, 0.1) is 6.04 Å². The normalized spacial score (nSPS) is 25.3. The molecule has 0 saturated carbocycles. The lowest BCUT2D eigenvalue weighted by Gasteiger charge is -2.28. The number of nitrogens with two attached hydrogens (primary N) is 1. The van der Waals surface area contributed by atoms with Crippen LogP contribution >= 0.6 is 0 Å². The Kier molecular flexibility index (Phi) is 2.09. The van der Waals surface area contributed by atoms with Gasteiger partial charge in [-0.15, -0.1) is 0 Å². The first-order valence-corrected chi connectivity index (χ1v) is 3.41. The number of carbonyl (C=O) groups excluding carboxylic acids is 2. The molecule has 11 heavy (non-hydrogen) atoms. The average molecular weight is 157 g/mol. The van der Waals surface area contributed by atoms with Crippen molar-refractivity contribution in [3.63, 3.8) is 0 Å². The summed E-state index contributed by atoms with van der Waals surface area (Å²) < 4.78 is 0. The Morgan fingerprint density at radius 2 is 2.36 bits per heavy atom. The summed E-state index contributed by atoms with van der Waals surface area (Å²) in [6, 6.07) is -0.0924. The van der Waals surface area contributed by atoms with Crippen LogP contribution in [0.15, 0.2) is 0 Å². The maximum Gasteiger partial charge on any atom is 0.311 e. The Balaban J connectivity index is 2.62. The van der Waals surface area contributed by atoms with Crippen LogP contribution < -0.4 is 11.1 Å². The molecule has 1 fully saturated rings. The minimum absolute atomic E-state index is 0.0924. The van der Waals surface area contributed by atoms with Gasteiger partial charge in [0.1, 0.15) is 0 Å². The number of hydrogen-bond acceptors (Lipinski definition) is 3. The van der Waals surface area contributed by atoms with E-state index in [-0.39, 0.29) is 6.04 Å². The van der Waals surface area contributed by atoms with Crippen molar-refractivity contribution in [2.24, 2.45) is 5.73 Å². The van der Waals surface area contributed by atoms with Crippen LogP contribution in [-0.2, 0) is 9.59 Å². The highest BCUT2D eigenvalue weighted by molar-refractivity contribution is 6.35. The fraction of sp³-hybridized carbons (Fsp3) is 0.667. The van der Waals surface area contributed by atoms with E-state index in [1.54, 1.807) is 7.05 Å². The van der Waals surface area contributed by atoms with Gasteiger partial charge in [-0.2, -0.15) is 0 Å². The molecular formula is C6H11N3O2. The van der Waals surface area contributed by atoms with Gasteiger partial charge in [-0.05, 0) is 0 Å². The topological polar surface area (TPSA) is 75.4 Å². The van der Waals surface area contributed by atoms with E-state index in [0.717, 1.165) is 0 Å². The molecule has 1 rings (SSSR count). The third kappa shape index (κ3) is 1.48. The molecule has 0 radical (unpaired) electrons. The molecule has 0 unspecified atom stereocenters. The van der Waals surface area contributed by atoms with E-state index in [0.29, 0.717) is 13.1 Å². The number of piperazine rings is 1. The van der Waals surface area contributed by atoms with Gasteiger partial charge in [-0.25, -0.2) is 0 Å². The summed E-state index contributed by atoms with van der Waals surface area (Å²) in [6.07, 6.45) is 0. The third-order valence-corrected chi connectivity index (χ3v) is 1.65. The Bertz CT molecular complexity index is 192. The van der Waals surface area contributed by atoms with E-state index in [4.69, 9.17) is 5.73 Å². The van der Waals surface area contributed by atoms with E-state index < -0.39 is 11.8 Å². The fourth-order valence-corrected chi connectivity index (χ4v) is 1.01. The molecule has 0 bridgehead atoms. The van der Waals surface area contributed by atoms with Crippen LogP contribution in [-0.4, -0.2) is 42.9 Å². The SMILES string of the molecule is CN1C[C@@H](CN)NC(=O)C1=O. The predicted molar refractivity (Wildman–Crippen MR) is 38.6 cm³/mol. The number of carbonyl (C=O) groups is 2. The van der Waals surface area contributed by atoms with Crippen molar-refractivity contribution in [2.75, 3.05) is 20.1 Å². The van der Waals surface area contributed by atoms with Crippen molar-refractivity contribution in [2.45, 2.75) is 6.04 Å². The van der Waals surface area contributed by atoms with E-state index in [1.165, 1.54) is 4.90 Å². The third-order valence-electron chi connectivity index (χ3n) is 1.65. The monoisotopic (exact) mass is 157 g/mol. The van der Waals surface area contributed by atoms with Crippen molar-refractivity contribution in [3.05, 3.63) is 0 Å². The molecule has 0 aromatic rings. The molecule has 0 aromatic heterocycles. The van der Waals surface area contributed by atoms with Gasteiger partial charge < -0.3 is 16.0 Å². The number of amides is 2. The largest absolute Gasteiger partial charge is 0.342 e. The van der Waals surface area contributed by atoms with Gasteiger partial charge in [0.25, 0.3) is 0 Å². The minimum atomic E-state index is -0.561. The highest BCUT2D eigenvalue weighted by Crippen LogP contribution is 1.96. The molecule has 0 aromatic carbocycles. The van der Waals surface area contributed by atoms with Crippen molar-refractivity contribution in [1.82, 2.24) is 10.2 Å². The molecule has 1 atom stereocenters. The first-order chi connectivity index (χ1) is 5.15. The molecule has 5 nitrogen and oxygen atoms in total. The van der Waals surface area contributed by atoms with Crippen LogP contribution in [0.25, 0.3) is 0 Å². The predicted octanol–water partition coefficient (Wildman–Crippen LogP) is -2.10. The summed E-state index contributed by atoms with van der Waals surface area (Å²) in [4.78, 5) is 23.0.